The Balaban J connectivity index is 2.36. The van der Waals surface area contributed by atoms with Crippen LogP contribution in [-0.4, -0.2) is 12.0 Å². The fourth-order valence-electron chi connectivity index (χ4n) is 1.65. The van der Waals surface area contributed by atoms with E-state index in [1.807, 2.05) is 0 Å². The van der Waals surface area contributed by atoms with Crippen molar-refractivity contribution in [3.05, 3.63) is 46.5 Å². The summed E-state index contributed by atoms with van der Waals surface area (Å²) in [4.78, 5) is 3.95. The predicted octanol–water partition coefficient (Wildman–Crippen LogP) is 4.90. The van der Waals surface area contributed by atoms with Gasteiger partial charge >= 0.3 is 6.18 Å². The quantitative estimate of drug-likeness (QED) is 0.875. The summed E-state index contributed by atoms with van der Waals surface area (Å²) in [6.45, 7) is 1.77. The molecule has 21 heavy (non-hydrogen) atoms. The molecule has 7 heteroatoms. The lowest BCUT2D eigenvalue weighted by molar-refractivity contribution is -0.137. The summed E-state index contributed by atoms with van der Waals surface area (Å²) in [6, 6.07) is 6.57. The number of halogens is 4. The first kappa shape index (κ1) is 15.4. The van der Waals surface area contributed by atoms with Gasteiger partial charge in [-0.05, 0) is 36.8 Å². The number of nitrogens with one attached hydrogen (secondary N) is 1. The van der Waals surface area contributed by atoms with Gasteiger partial charge in [-0.3, -0.25) is 0 Å². The minimum Gasteiger partial charge on any atom is -0.439 e. The second-order valence-electron chi connectivity index (χ2n) is 4.34. The fourth-order valence-corrected chi connectivity index (χ4v) is 1.77. The van der Waals surface area contributed by atoms with Crippen molar-refractivity contribution < 1.29 is 17.9 Å². The third-order valence-corrected chi connectivity index (χ3v) is 3.16. The molecule has 0 amide bonds. The molecular weight excluding hydrogens is 305 g/mol. The van der Waals surface area contributed by atoms with Gasteiger partial charge in [-0.1, -0.05) is 11.6 Å². The SMILES string of the molecule is CNc1cc(C(F)(F)F)cc(Oc2ccc(Cl)c(C)c2)n1. The van der Waals surface area contributed by atoms with E-state index < -0.39 is 11.7 Å². The van der Waals surface area contributed by atoms with Crippen LogP contribution in [0.5, 0.6) is 11.6 Å². The molecule has 2 rings (SSSR count). The van der Waals surface area contributed by atoms with Gasteiger partial charge in [0.15, 0.2) is 0 Å². The first-order chi connectivity index (χ1) is 9.79. The zero-order valence-corrected chi connectivity index (χ0v) is 12.0. The van der Waals surface area contributed by atoms with Crippen LogP contribution >= 0.6 is 11.6 Å². The number of hydrogen-bond acceptors (Lipinski definition) is 3. The Hall–Kier alpha value is -1.95. The number of alkyl halides is 3. The predicted molar refractivity (Wildman–Crippen MR) is 75.0 cm³/mol. The van der Waals surface area contributed by atoms with Gasteiger partial charge in [0.2, 0.25) is 5.88 Å². The van der Waals surface area contributed by atoms with Gasteiger partial charge in [0.25, 0.3) is 0 Å². The van der Waals surface area contributed by atoms with Gasteiger partial charge in [-0.2, -0.15) is 18.2 Å². The maximum Gasteiger partial charge on any atom is 0.416 e. The minimum atomic E-state index is -4.47. The van der Waals surface area contributed by atoms with E-state index in [1.54, 1.807) is 25.1 Å². The highest BCUT2D eigenvalue weighted by Gasteiger charge is 2.32. The molecule has 1 aromatic carbocycles. The highest BCUT2D eigenvalue weighted by Crippen LogP contribution is 2.34. The molecule has 0 fully saturated rings. The standard InChI is InChI=1S/C14H12ClF3N2O/c1-8-5-10(3-4-11(8)15)21-13-7-9(14(16,17)18)6-12(19-2)20-13/h3-7H,1-2H3,(H,19,20). The lowest BCUT2D eigenvalue weighted by Crippen LogP contribution is -2.07. The van der Waals surface area contributed by atoms with E-state index in [-0.39, 0.29) is 11.7 Å². The van der Waals surface area contributed by atoms with E-state index in [1.165, 1.54) is 7.05 Å². The Labute approximate surface area is 124 Å². The van der Waals surface area contributed by atoms with E-state index in [9.17, 15) is 13.2 Å². The largest absolute Gasteiger partial charge is 0.439 e. The van der Waals surface area contributed by atoms with Gasteiger partial charge in [0.1, 0.15) is 11.6 Å². The van der Waals surface area contributed by atoms with Crippen LogP contribution in [0.1, 0.15) is 11.1 Å². The third-order valence-electron chi connectivity index (χ3n) is 2.74. The van der Waals surface area contributed by atoms with Gasteiger partial charge < -0.3 is 10.1 Å². The first-order valence-electron chi connectivity index (χ1n) is 6.00. The Morgan fingerprint density at radius 3 is 2.48 bits per heavy atom. The van der Waals surface area contributed by atoms with Crippen LogP contribution in [0.25, 0.3) is 0 Å². The molecule has 0 aliphatic rings. The van der Waals surface area contributed by atoms with Crippen molar-refractivity contribution in [3.63, 3.8) is 0 Å². The van der Waals surface area contributed by atoms with E-state index in [0.717, 1.165) is 17.7 Å². The van der Waals surface area contributed by atoms with Gasteiger partial charge in [0, 0.05) is 18.1 Å². The molecular formula is C14H12ClF3N2O. The summed E-state index contributed by atoms with van der Waals surface area (Å²) in [5.74, 6) is 0.298. The fraction of sp³-hybridized carbons (Fsp3) is 0.214. The van der Waals surface area contributed by atoms with E-state index in [0.29, 0.717) is 10.8 Å². The van der Waals surface area contributed by atoms with Gasteiger partial charge in [0.05, 0.1) is 5.56 Å². The van der Waals surface area contributed by atoms with Crippen molar-refractivity contribution in [1.82, 2.24) is 4.98 Å². The van der Waals surface area contributed by atoms with Gasteiger partial charge in [-0.25, -0.2) is 0 Å². The molecule has 0 saturated heterocycles. The molecule has 1 aromatic heterocycles. The van der Waals surface area contributed by atoms with Crippen LogP contribution in [0.3, 0.4) is 0 Å². The number of aromatic nitrogens is 1. The second kappa shape index (κ2) is 5.81. The van der Waals surface area contributed by atoms with Crippen molar-refractivity contribution in [3.8, 4) is 11.6 Å². The van der Waals surface area contributed by atoms with E-state index in [2.05, 4.69) is 10.3 Å². The van der Waals surface area contributed by atoms with Crippen LogP contribution in [0, 0.1) is 6.92 Å². The van der Waals surface area contributed by atoms with Crippen molar-refractivity contribution in [1.29, 1.82) is 0 Å². The smallest absolute Gasteiger partial charge is 0.416 e. The van der Waals surface area contributed by atoms with Crippen molar-refractivity contribution in [2.24, 2.45) is 0 Å². The Morgan fingerprint density at radius 2 is 1.90 bits per heavy atom. The molecule has 112 valence electrons. The number of aryl methyl sites for hydroxylation is 1. The number of rotatable bonds is 3. The lowest BCUT2D eigenvalue weighted by atomic mass is 10.2. The summed E-state index contributed by atoms with van der Waals surface area (Å²) >= 11 is 5.89. The summed E-state index contributed by atoms with van der Waals surface area (Å²) in [5, 5.41) is 3.13. The number of benzene rings is 1. The Bertz CT molecular complexity index is 659. The molecule has 0 spiro atoms. The van der Waals surface area contributed by atoms with Crippen LogP contribution in [0.2, 0.25) is 5.02 Å². The number of anilines is 1. The number of hydrogen-bond donors (Lipinski definition) is 1. The highest BCUT2D eigenvalue weighted by molar-refractivity contribution is 6.31. The molecule has 0 unspecified atom stereocenters. The maximum atomic E-state index is 12.8. The Kier molecular flexibility index (Phi) is 4.27. The molecule has 0 aliphatic heterocycles. The molecule has 0 saturated carbocycles. The molecule has 2 aromatic rings. The summed E-state index contributed by atoms with van der Waals surface area (Å²) in [5.41, 5.74) is -0.0717. The van der Waals surface area contributed by atoms with E-state index in [4.69, 9.17) is 16.3 Å². The molecule has 0 bridgehead atoms. The number of nitrogens with zero attached hydrogens (tertiary/aromatic N) is 1. The molecule has 1 heterocycles. The molecule has 1 N–H and O–H groups in total. The average Bonchev–Trinajstić information content (AvgIpc) is 2.41. The molecule has 0 radical (unpaired) electrons. The first-order valence-corrected chi connectivity index (χ1v) is 6.38. The second-order valence-corrected chi connectivity index (χ2v) is 4.75. The lowest BCUT2D eigenvalue weighted by Gasteiger charge is -2.12. The number of pyridine rings is 1. The van der Waals surface area contributed by atoms with Crippen molar-refractivity contribution in [2.75, 3.05) is 12.4 Å². The van der Waals surface area contributed by atoms with Crippen molar-refractivity contribution in [2.45, 2.75) is 13.1 Å². The average molecular weight is 317 g/mol. The third kappa shape index (κ3) is 3.78. The van der Waals surface area contributed by atoms with E-state index >= 15 is 0 Å². The molecule has 0 atom stereocenters. The number of ether oxygens (including phenoxy) is 1. The van der Waals surface area contributed by atoms with Crippen LogP contribution < -0.4 is 10.1 Å². The zero-order chi connectivity index (χ0) is 15.6. The van der Waals surface area contributed by atoms with Crippen LogP contribution in [0.4, 0.5) is 19.0 Å². The molecule has 0 aliphatic carbocycles. The van der Waals surface area contributed by atoms with Gasteiger partial charge in [-0.15, -0.1) is 0 Å². The molecule has 3 nitrogen and oxygen atoms in total. The highest BCUT2D eigenvalue weighted by atomic mass is 35.5. The summed E-state index contributed by atoms with van der Waals surface area (Å²) in [7, 11) is 1.48. The maximum absolute atomic E-state index is 12.8. The topological polar surface area (TPSA) is 34.1 Å². The Morgan fingerprint density at radius 1 is 1.19 bits per heavy atom. The monoisotopic (exact) mass is 316 g/mol. The normalized spacial score (nSPS) is 11.3. The zero-order valence-electron chi connectivity index (χ0n) is 11.3. The minimum absolute atomic E-state index is 0.0745. The summed E-state index contributed by atoms with van der Waals surface area (Å²) in [6.07, 6.45) is -4.47. The van der Waals surface area contributed by atoms with Crippen LogP contribution in [-0.2, 0) is 6.18 Å². The van der Waals surface area contributed by atoms with Crippen molar-refractivity contribution >= 4 is 17.4 Å². The van der Waals surface area contributed by atoms with Crippen LogP contribution in [0.15, 0.2) is 30.3 Å². The summed E-state index contributed by atoms with van der Waals surface area (Å²) < 4.78 is 43.8.